The molecule has 1 atom stereocenters. The van der Waals surface area contributed by atoms with Crippen molar-refractivity contribution >= 4 is 33.3 Å². The molecule has 0 saturated carbocycles. The zero-order valence-corrected chi connectivity index (χ0v) is 14.3. The van der Waals surface area contributed by atoms with Crippen LogP contribution in [0.15, 0.2) is 18.6 Å². The number of nitrogens with one attached hydrogen (secondary N) is 1. The number of aromatic carboxylic acids is 1. The van der Waals surface area contributed by atoms with Crippen LogP contribution >= 0.6 is 11.3 Å². The van der Waals surface area contributed by atoms with E-state index in [1.807, 2.05) is 13.1 Å². The zero-order chi connectivity index (χ0) is 17.3. The fraction of sp³-hybridized carbons (Fsp3) is 0.333. The van der Waals surface area contributed by atoms with Gasteiger partial charge in [-0.1, -0.05) is 0 Å². The maximum absolute atomic E-state index is 11.4. The van der Waals surface area contributed by atoms with E-state index < -0.39 is 5.97 Å². The van der Waals surface area contributed by atoms with Crippen molar-refractivity contribution in [3.8, 4) is 0 Å². The van der Waals surface area contributed by atoms with Gasteiger partial charge in [0.25, 0.3) is 0 Å². The van der Waals surface area contributed by atoms with Crippen LogP contribution in [-0.2, 0) is 11.8 Å². The number of carbonyl (C=O) groups is 1. The molecule has 0 fully saturated rings. The Morgan fingerprint density at radius 2 is 2.29 bits per heavy atom. The number of hydrogen-bond donors (Lipinski definition) is 2. The lowest BCUT2D eigenvalue weighted by molar-refractivity contribution is 0.0701. The first kappa shape index (κ1) is 16.3. The summed E-state index contributed by atoms with van der Waals surface area (Å²) in [5, 5.41) is 17.6. The molecule has 0 spiro atoms. The molecule has 9 heteroatoms. The molecule has 0 saturated heterocycles. The second kappa shape index (κ2) is 6.54. The highest BCUT2D eigenvalue weighted by atomic mass is 32.1. The van der Waals surface area contributed by atoms with Gasteiger partial charge < -0.3 is 15.2 Å². The van der Waals surface area contributed by atoms with Gasteiger partial charge in [0.2, 0.25) is 0 Å². The first-order valence-electron chi connectivity index (χ1n) is 7.23. The van der Waals surface area contributed by atoms with E-state index in [9.17, 15) is 9.90 Å². The molecule has 2 N–H and O–H groups in total. The molecule has 126 valence electrons. The van der Waals surface area contributed by atoms with Crippen molar-refractivity contribution in [2.45, 2.75) is 13.0 Å². The lowest BCUT2D eigenvalue weighted by Gasteiger charge is -2.19. The van der Waals surface area contributed by atoms with Crippen LogP contribution in [-0.4, -0.2) is 44.5 Å². The Morgan fingerprint density at radius 3 is 2.92 bits per heavy atom. The maximum atomic E-state index is 11.4. The van der Waals surface area contributed by atoms with Crippen molar-refractivity contribution in [1.82, 2.24) is 19.7 Å². The van der Waals surface area contributed by atoms with E-state index in [2.05, 4.69) is 20.4 Å². The highest BCUT2D eigenvalue weighted by Crippen LogP contribution is 2.34. The molecule has 0 unspecified atom stereocenters. The molecule has 0 aliphatic carbocycles. The Bertz CT molecular complexity index is 888. The van der Waals surface area contributed by atoms with Crippen LogP contribution in [0.3, 0.4) is 0 Å². The van der Waals surface area contributed by atoms with Gasteiger partial charge >= 0.3 is 5.97 Å². The van der Waals surface area contributed by atoms with E-state index in [-0.39, 0.29) is 10.9 Å². The fourth-order valence-corrected chi connectivity index (χ4v) is 3.63. The number of carboxylic acids is 1. The summed E-state index contributed by atoms with van der Waals surface area (Å²) in [7, 11) is 3.48. The number of hydrogen-bond acceptors (Lipinski definition) is 7. The number of carboxylic acid groups (broad SMARTS) is 1. The molecule has 3 aromatic heterocycles. The number of thiophene rings is 1. The van der Waals surface area contributed by atoms with Crippen molar-refractivity contribution in [2.75, 3.05) is 19.0 Å². The second-order valence-corrected chi connectivity index (χ2v) is 6.29. The molecule has 3 heterocycles. The number of aryl methyl sites for hydroxylation is 2. The number of rotatable bonds is 6. The average molecular weight is 347 g/mol. The van der Waals surface area contributed by atoms with E-state index >= 15 is 0 Å². The molecule has 0 aliphatic rings. The van der Waals surface area contributed by atoms with E-state index in [4.69, 9.17) is 4.74 Å². The van der Waals surface area contributed by atoms with Gasteiger partial charge in [-0.25, -0.2) is 14.8 Å². The lowest BCUT2D eigenvalue weighted by Crippen LogP contribution is -2.20. The second-order valence-electron chi connectivity index (χ2n) is 5.30. The number of nitrogens with zero attached hydrogens (tertiary/aromatic N) is 4. The first-order chi connectivity index (χ1) is 11.5. The van der Waals surface area contributed by atoms with Gasteiger partial charge in [-0.15, -0.1) is 11.3 Å². The summed E-state index contributed by atoms with van der Waals surface area (Å²) in [6.45, 7) is 2.19. The van der Waals surface area contributed by atoms with Crippen LogP contribution in [0.5, 0.6) is 0 Å². The predicted molar refractivity (Wildman–Crippen MR) is 90.6 cm³/mol. The highest BCUT2D eigenvalue weighted by molar-refractivity contribution is 7.20. The number of methoxy groups -OCH3 is 1. The Kier molecular flexibility index (Phi) is 4.45. The van der Waals surface area contributed by atoms with Gasteiger partial charge in [0.05, 0.1) is 23.7 Å². The third-order valence-electron chi connectivity index (χ3n) is 3.78. The van der Waals surface area contributed by atoms with Crippen molar-refractivity contribution in [3.05, 3.63) is 34.7 Å². The highest BCUT2D eigenvalue weighted by Gasteiger charge is 2.21. The molecule has 8 nitrogen and oxygen atoms in total. The van der Waals surface area contributed by atoms with Crippen LogP contribution < -0.4 is 5.32 Å². The topological polar surface area (TPSA) is 102 Å². The van der Waals surface area contributed by atoms with Crippen LogP contribution in [0, 0.1) is 6.92 Å². The third kappa shape index (κ3) is 2.83. The third-order valence-corrected chi connectivity index (χ3v) is 4.97. The van der Waals surface area contributed by atoms with Crippen molar-refractivity contribution in [3.63, 3.8) is 0 Å². The van der Waals surface area contributed by atoms with Crippen LogP contribution in [0.2, 0.25) is 0 Å². The predicted octanol–water partition coefficient (Wildman–Crippen LogP) is 2.23. The van der Waals surface area contributed by atoms with Gasteiger partial charge in [-0.05, 0) is 18.6 Å². The quantitative estimate of drug-likeness (QED) is 0.705. The average Bonchev–Trinajstić information content (AvgIpc) is 3.11. The Balaban J connectivity index is 2.05. The van der Waals surface area contributed by atoms with Crippen molar-refractivity contribution in [2.24, 2.45) is 7.05 Å². The van der Waals surface area contributed by atoms with Gasteiger partial charge in [0.1, 0.15) is 21.9 Å². The number of ether oxygens (including phenoxy) is 1. The Labute approximate surface area is 142 Å². The SMILES string of the molecule is COC[C@H](Nc1ncnc2sc(C(=O)O)c(C)c12)c1ccnn1C. The van der Waals surface area contributed by atoms with Gasteiger partial charge in [-0.3, -0.25) is 4.68 Å². The van der Waals surface area contributed by atoms with Crippen LogP contribution in [0.1, 0.15) is 27.0 Å². The molecule has 0 aliphatic heterocycles. The number of anilines is 1. The minimum absolute atomic E-state index is 0.173. The molecule has 24 heavy (non-hydrogen) atoms. The molecule has 0 amide bonds. The number of aromatic nitrogens is 4. The van der Waals surface area contributed by atoms with Crippen LogP contribution in [0.4, 0.5) is 5.82 Å². The molecule has 0 aromatic carbocycles. The molecule has 3 rings (SSSR count). The summed E-state index contributed by atoms with van der Waals surface area (Å²) < 4.78 is 7.06. The fourth-order valence-electron chi connectivity index (χ4n) is 2.64. The summed E-state index contributed by atoms with van der Waals surface area (Å²) in [5.74, 6) is -0.369. The summed E-state index contributed by atoms with van der Waals surface area (Å²) in [6.07, 6.45) is 3.15. The van der Waals surface area contributed by atoms with E-state index in [1.165, 1.54) is 6.33 Å². The molecular weight excluding hydrogens is 330 g/mol. The first-order valence-corrected chi connectivity index (χ1v) is 8.05. The largest absolute Gasteiger partial charge is 0.477 e. The van der Waals surface area contributed by atoms with Gasteiger partial charge in [-0.2, -0.15) is 5.10 Å². The Morgan fingerprint density at radius 1 is 1.50 bits per heavy atom. The lowest BCUT2D eigenvalue weighted by atomic mass is 10.1. The van der Waals surface area contributed by atoms with Crippen LogP contribution in [0.25, 0.3) is 10.2 Å². The van der Waals surface area contributed by atoms with Crippen molar-refractivity contribution < 1.29 is 14.6 Å². The summed E-state index contributed by atoms with van der Waals surface area (Å²) in [4.78, 5) is 20.8. The summed E-state index contributed by atoms with van der Waals surface area (Å²) in [6, 6.07) is 1.73. The monoisotopic (exact) mass is 347 g/mol. The maximum Gasteiger partial charge on any atom is 0.346 e. The Hall–Kier alpha value is -2.52. The van der Waals surface area contributed by atoms with Gasteiger partial charge in [0.15, 0.2) is 0 Å². The minimum atomic E-state index is -0.957. The minimum Gasteiger partial charge on any atom is -0.477 e. The molecular formula is C15H17N5O3S. The summed E-state index contributed by atoms with van der Waals surface area (Å²) in [5.41, 5.74) is 1.60. The van der Waals surface area contributed by atoms with E-state index in [0.717, 1.165) is 22.4 Å². The molecule has 0 radical (unpaired) electrons. The van der Waals surface area contributed by atoms with Gasteiger partial charge in [0, 0.05) is 20.4 Å². The smallest absolute Gasteiger partial charge is 0.346 e. The van der Waals surface area contributed by atoms with E-state index in [0.29, 0.717) is 22.8 Å². The zero-order valence-electron chi connectivity index (χ0n) is 13.5. The standard InChI is InChI=1S/C15H17N5O3S/c1-8-11-13(16-7-17-14(11)24-12(8)15(21)22)19-9(6-23-3)10-4-5-18-20(10)2/h4-5,7,9H,6H2,1-3H3,(H,21,22)(H,16,17,19)/t9-/m0/s1. The number of fused-ring (bicyclic) bond motifs is 1. The normalized spacial score (nSPS) is 12.5. The van der Waals surface area contributed by atoms with Crippen molar-refractivity contribution in [1.29, 1.82) is 0 Å². The molecule has 3 aromatic rings. The molecule has 0 bridgehead atoms. The van der Waals surface area contributed by atoms with E-state index in [1.54, 1.807) is 24.9 Å². The summed E-state index contributed by atoms with van der Waals surface area (Å²) >= 11 is 1.15.